The lowest BCUT2D eigenvalue weighted by Gasteiger charge is -2.26. The summed E-state index contributed by atoms with van der Waals surface area (Å²) in [5.41, 5.74) is 3.26. The topological polar surface area (TPSA) is 49.4 Å². The molecule has 0 fully saturated rings. The molecule has 1 unspecified atom stereocenters. The molecular formula is C24H22N2O2. The molecule has 1 aliphatic rings. The first-order valence-corrected chi connectivity index (χ1v) is 9.47. The lowest BCUT2D eigenvalue weighted by molar-refractivity contribution is 0.0594. The molecule has 140 valence electrons. The van der Waals surface area contributed by atoms with Crippen molar-refractivity contribution in [3.63, 3.8) is 0 Å². The summed E-state index contributed by atoms with van der Waals surface area (Å²) in [6, 6.07) is 27.1. The number of benzene rings is 3. The Kier molecular flexibility index (Phi) is 5.04. The summed E-state index contributed by atoms with van der Waals surface area (Å²) in [7, 11) is 0. The molecule has 0 aliphatic carbocycles. The highest BCUT2D eigenvalue weighted by molar-refractivity contribution is 6.21. The van der Waals surface area contributed by atoms with Crippen LogP contribution in [-0.4, -0.2) is 29.3 Å². The molecule has 4 nitrogen and oxygen atoms in total. The van der Waals surface area contributed by atoms with Gasteiger partial charge in [-0.3, -0.25) is 14.5 Å². The number of hydrogen-bond acceptors (Lipinski definition) is 3. The van der Waals surface area contributed by atoms with Crippen molar-refractivity contribution >= 4 is 11.8 Å². The fraction of sp³-hybridized carbons (Fsp3) is 0.167. The van der Waals surface area contributed by atoms with Gasteiger partial charge in [0, 0.05) is 12.6 Å². The fourth-order valence-corrected chi connectivity index (χ4v) is 3.71. The number of rotatable bonds is 6. The molecule has 28 heavy (non-hydrogen) atoms. The fourth-order valence-electron chi connectivity index (χ4n) is 3.71. The van der Waals surface area contributed by atoms with Crippen LogP contribution in [0.25, 0.3) is 0 Å². The van der Waals surface area contributed by atoms with Gasteiger partial charge in [0.05, 0.1) is 17.2 Å². The van der Waals surface area contributed by atoms with Crippen LogP contribution < -0.4 is 5.32 Å². The van der Waals surface area contributed by atoms with Gasteiger partial charge in [-0.1, -0.05) is 72.8 Å². The van der Waals surface area contributed by atoms with Crippen LogP contribution in [0, 0.1) is 0 Å². The van der Waals surface area contributed by atoms with Crippen molar-refractivity contribution in [1.29, 1.82) is 0 Å². The van der Waals surface area contributed by atoms with Crippen LogP contribution >= 0.6 is 0 Å². The van der Waals surface area contributed by atoms with Crippen LogP contribution in [-0.2, 0) is 0 Å². The molecule has 0 radical (unpaired) electrons. The van der Waals surface area contributed by atoms with E-state index in [9.17, 15) is 9.59 Å². The summed E-state index contributed by atoms with van der Waals surface area (Å²) in [5, 5.41) is 3.55. The number of fused-ring (bicyclic) bond motifs is 1. The van der Waals surface area contributed by atoms with E-state index in [-0.39, 0.29) is 23.9 Å². The van der Waals surface area contributed by atoms with E-state index in [1.54, 1.807) is 24.3 Å². The van der Waals surface area contributed by atoms with Crippen molar-refractivity contribution in [2.24, 2.45) is 0 Å². The number of amides is 2. The third kappa shape index (κ3) is 3.35. The third-order valence-electron chi connectivity index (χ3n) is 5.15. The highest BCUT2D eigenvalue weighted by atomic mass is 16.2. The molecule has 0 spiro atoms. The maximum absolute atomic E-state index is 12.7. The molecule has 1 aliphatic heterocycles. The first kappa shape index (κ1) is 18.1. The Hall–Kier alpha value is -3.24. The number of hydrogen-bond donors (Lipinski definition) is 1. The number of imide groups is 1. The van der Waals surface area contributed by atoms with Gasteiger partial charge in [0.15, 0.2) is 0 Å². The molecule has 1 N–H and O–H groups in total. The molecule has 1 atom stereocenters. The zero-order chi connectivity index (χ0) is 19.5. The molecular weight excluding hydrogens is 348 g/mol. The van der Waals surface area contributed by atoms with Gasteiger partial charge in [-0.2, -0.15) is 0 Å². The monoisotopic (exact) mass is 370 g/mol. The van der Waals surface area contributed by atoms with E-state index in [0.717, 1.165) is 11.1 Å². The zero-order valence-electron chi connectivity index (χ0n) is 15.7. The average molecular weight is 370 g/mol. The molecule has 0 bridgehead atoms. The Morgan fingerprint density at radius 2 is 1.14 bits per heavy atom. The normalized spacial score (nSPS) is 14.4. The van der Waals surface area contributed by atoms with E-state index < -0.39 is 0 Å². The van der Waals surface area contributed by atoms with E-state index >= 15 is 0 Å². The van der Waals surface area contributed by atoms with Crippen molar-refractivity contribution in [1.82, 2.24) is 10.2 Å². The Labute approximate surface area is 164 Å². The van der Waals surface area contributed by atoms with Crippen molar-refractivity contribution in [2.75, 3.05) is 6.54 Å². The van der Waals surface area contributed by atoms with Crippen LogP contribution in [0.5, 0.6) is 0 Å². The average Bonchev–Trinajstić information content (AvgIpc) is 3.00. The summed E-state index contributed by atoms with van der Waals surface area (Å²) >= 11 is 0. The highest BCUT2D eigenvalue weighted by Crippen LogP contribution is 2.26. The summed E-state index contributed by atoms with van der Waals surface area (Å²) in [6.07, 6.45) is 0. The summed E-state index contributed by atoms with van der Waals surface area (Å²) in [4.78, 5) is 26.8. The molecule has 3 aromatic carbocycles. The van der Waals surface area contributed by atoms with Gasteiger partial charge < -0.3 is 5.32 Å². The standard InChI is InChI=1S/C24H22N2O2/c1-17(26-23(27)20-14-8-9-15-21(20)24(26)28)16-25-22(18-10-4-2-5-11-18)19-12-6-3-7-13-19/h2-15,17,22,25H,16H2,1H3. The molecule has 1 heterocycles. The summed E-state index contributed by atoms with van der Waals surface area (Å²) in [5.74, 6) is -0.434. The van der Waals surface area contributed by atoms with Gasteiger partial charge in [0.2, 0.25) is 0 Å². The molecule has 0 aromatic heterocycles. The lowest BCUT2D eigenvalue weighted by Crippen LogP contribution is -2.44. The van der Waals surface area contributed by atoms with Crippen LogP contribution in [0.15, 0.2) is 84.9 Å². The molecule has 2 amide bonds. The van der Waals surface area contributed by atoms with E-state index in [1.165, 1.54) is 4.90 Å². The second-order valence-corrected chi connectivity index (χ2v) is 7.04. The summed E-state index contributed by atoms with van der Waals surface area (Å²) in [6.45, 7) is 2.40. The lowest BCUT2D eigenvalue weighted by atomic mass is 9.98. The Balaban J connectivity index is 1.53. The predicted octanol–water partition coefficient (Wildman–Crippen LogP) is 4.05. The van der Waals surface area contributed by atoms with Crippen LogP contribution in [0.3, 0.4) is 0 Å². The molecule has 4 heteroatoms. The summed E-state index contributed by atoms with van der Waals surface area (Å²) < 4.78 is 0. The van der Waals surface area contributed by atoms with Crippen molar-refractivity contribution < 1.29 is 9.59 Å². The van der Waals surface area contributed by atoms with Gasteiger partial charge in [-0.15, -0.1) is 0 Å². The zero-order valence-corrected chi connectivity index (χ0v) is 15.7. The minimum atomic E-state index is -0.262. The van der Waals surface area contributed by atoms with Crippen molar-refractivity contribution in [3.8, 4) is 0 Å². The van der Waals surface area contributed by atoms with Gasteiger partial charge >= 0.3 is 0 Å². The number of carbonyl (C=O) groups is 2. The molecule has 3 aromatic rings. The van der Waals surface area contributed by atoms with Gasteiger partial charge in [-0.25, -0.2) is 0 Å². The van der Waals surface area contributed by atoms with Crippen LogP contribution in [0.4, 0.5) is 0 Å². The number of nitrogens with zero attached hydrogens (tertiary/aromatic N) is 1. The van der Waals surface area contributed by atoms with E-state index in [1.807, 2.05) is 43.3 Å². The minimum absolute atomic E-state index is 0.0139. The maximum atomic E-state index is 12.7. The Morgan fingerprint density at radius 1 is 0.714 bits per heavy atom. The molecule has 0 saturated heterocycles. The van der Waals surface area contributed by atoms with Gasteiger partial charge in [-0.05, 0) is 30.2 Å². The van der Waals surface area contributed by atoms with Crippen LogP contribution in [0.1, 0.15) is 44.8 Å². The second-order valence-electron chi connectivity index (χ2n) is 7.04. The first-order valence-electron chi connectivity index (χ1n) is 9.47. The van der Waals surface area contributed by atoms with E-state index in [0.29, 0.717) is 17.7 Å². The third-order valence-corrected chi connectivity index (χ3v) is 5.15. The molecule has 0 saturated carbocycles. The smallest absolute Gasteiger partial charge is 0.261 e. The SMILES string of the molecule is CC(CNC(c1ccccc1)c1ccccc1)N1C(=O)c2ccccc2C1=O. The maximum Gasteiger partial charge on any atom is 0.261 e. The first-order chi connectivity index (χ1) is 13.7. The largest absolute Gasteiger partial charge is 0.304 e. The van der Waals surface area contributed by atoms with Crippen LogP contribution in [0.2, 0.25) is 0 Å². The van der Waals surface area contributed by atoms with Gasteiger partial charge in [0.25, 0.3) is 11.8 Å². The number of carbonyl (C=O) groups excluding carboxylic acids is 2. The number of nitrogens with one attached hydrogen (secondary N) is 1. The van der Waals surface area contributed by atoms with Crippen molar-refractivity contribution in [3.05, 3.63) is 107 Å². The van der Waals surface area contributed by atoms with Gasteiger partial charge in [0.1, 0.15) is 0 Å². The predicted molar refractivity (Wildman–Crippen MR) is 109 cm³/mol. The molecule has 4 rings (SSSR count). The van der Waals surface area contributed by atoms with E-state index in [2.05, 4.69) is 29.6 Å². The quantitative estimate of drug-likeness (QED) is 0.666. The highest BCUT2D eigenvalue weighted by Gasteiger charge is 2.38. The van der Waals surface area contributed by atoms with E-state index in [4.69, 9.17) is 0 Å². The van der Waals surface area contributed by atoms with Crippen molar-refractivity contribution in [2.45, 2.75) is 19.0 Å². The Bertz CT molecular complexity index is 911. The second kappa shape index (κ2) is 7.79. The Morgan fingerprint density at radius 3 is 1.61 bits per heavy atom. The minimum Gasteiger partial charge on any atom is -0.304 e.